The van der Waals surface area contributed by atoms with Gasteiger partial charge in [0.05, 0.1) is 5.54 Å². The Bertz CT molecular complexity index is 182. The second kappa shape index (κ2) is 5.98. The van der Waals surface area contributed by atoms with Gasteiger partial charge in [-0.15, -0.1) is 0 Å². The predicted molar refractivity (Wildman–Crippen MR) is 59.1 cm³/mol. The van der Waals surface area contributed by atoms with Crippen LogP contribution in [0.25, 0.3) is 0 Å². The number of carbonyl (C=O) groups excluding carboxylic acids is 1. The van der Waals surface area contributed by atoms with Crippen molar-refractivity contribution in [3.05, 3.63) is 0 Å². The number of hydrogen-bond donors (Lipinski definition) is 2. The summed E-state index contributed by atoms with van der Waals surface area (Å²) in [5.74, 6) is -0.273. The van der Waals surface area contributed by atoms with Gasteiger partial charge in [-0.2, -0.15) is 0 Å². The molecule has 0 fully saturated rings. The number of likely N-dealkylation sites (N-methyl/N-ethyl adjacent to an activating group) is 1. The van der Waals surface area contributed by atoms with E-state index in [9.17, 15) is 4.79 Å². The van der Waals surface area contributed by atoms with Crippen molar-refractivity contribution in [2.45, 2.75) is 31.7 Å². The van der Waals surface area contributed by atoms with E-state index in [2.05, 4.69) is 10.2 Å². The normalized spacial score (nSPS) is 15.5. The number of rotatable bonds is 7. The topological polar surface area (TPSA) is 58.4 Å². The minimum atomic E-state index is -0.549. The summed E-state index contributed by atoms with van der Waals surface area (Å²) < 4.78 is 0. The largest absolute Gasteiger partial charge is 0.368 e. The van der Waals surface area contributed by atoms with Gasteiger partial charge in [-0.05, 0) is 53.9 Å². The van der Waals surface area contributed by atoms with Gasteiger partial charge in [0.1, 0.15) is 0 Å². The Morgan fingerprint density at radius 1 is 1.43 bits per heavy atom. The molecule has 1 amide bonds. The fraction of sp³-hybridized carbons (Fsp3) is 0.900. The Hall–Kier alpha value is -0.610. The van der Waals surface area contributed by atoms with E-state index in [4.69, 9.17) is 5.73 Å². The van der Waals surface area contributed by atoms with E-state index in [0.717, 1.165) is 25.8 Å². The minimum absolute atomic E-state index is 0.273. The SMILES string of the molecule is CNC(C)(CCCCN(C)C)C(N)=O. The summed E-state index contributed by atoms with van der Waals surface area (Å²) in [6.07, 6.45) is 2.91. The second-order valence-electron chi connectivity index (χ2n) is 4.21. The fourth-order valence-electron chi connectivity index (χ4n) is 1.28. The van der Waals surface area contributed by atoms with Gasteiger partial charge in [-0.25, -0.2) is 0 Å². The molecule has 0 aliphatic rings. The number of unbranched alkanes of at least 4 members (excludes halogenated alkanes) is 1. The zero-order chi connectivity index (χ0) is 11.2. The highest BCUT2D eigenvalue weighted by molar-refractivity contribution is 5.84. The van der Waals surface area contributed by atoms with Crippen molar-refractivity contribution in [2.24, 2.45) is 5.73 Å². The fourth-order valence-corrected chi connectivity index (χ4v) is 1.28. The first-order chi connectivity index (χ1) is 6.42. The first-order valence-corrected chi connectivity index (χ1v) is 5.06. The molecule has 1 unspecified atom stereocenters. The smallest absolute Gasteiger partial charge is 0.237 e. The molecule has 0 spiro atoms. The molecule has 0 aromatic rings. The Labute approximate surface area is 86.8 Å². The highest BCUT2D eigenvalue weighted by Gasteiger charge is 2.27. The van der Waals surface area contributed by atoms with Crippen LogP contribution in [0.15, 0.2) is 0 Å². The molecule has 0 aromatic heterocycles. The summed E-state index contributed by atoms with van der Waals surface area (Å²) in [5.41, 5.74) is 4.76. The molecule has 0 heterocycles. The number of carbonyl (C=O) groups is 1. The van der Waals surface area contributed by atoms with E-state index in [0.29, 0.717) is 0 Å². The lowest BCUT2D eigenvalue weighted by Gasteiger charge is -2.25. The summed E-state index contributed by atoms with van der Waals surface area (Å²) in [6, 6.07) is 0. The second-order valence-corrected chi connectivity index (χ2v) is 4.21. The molecular formula is C10H23N3O. The van der Waals surface area contributed by atoms with E-state index in [-0.39, 0.29) is 5.91 Å². The summed E-state index contributed by atoms with van der Waals surface area (Å²) in [7, 11) is 5.87. The summed E-state index contributed by atoms with van der Waals surface area (Å²) in [6.45, 7) is 2.91. The molecule has 0 bridgehead atoms. The molecule has 4 nitrogen and oxygen atoms in total. The number of hydrogen-bond acceptors (Lipinski definition) is 3. The molecule has 0 saturated carbocycles. The van der Waals surface area contributed by atoms with Crippen molar-refractivity contribution >= 4 is 5.91 Å². The van der Waals surface area contributed by atoms with Gasteiger partial charge in [0.2, 0.25) is 5.91 Å². The van der Waals surface area contributed by atoms with E-state index in [1.165, 1.54) is 0 Å². The lowest BCUT2D eigenvalue weighted by atomic mass is 9.94. The third-order valence-corrected chi connectivity index (χ3v) is 2.63. The third kappa shape index (κ3) is 4.58. The monoisotopic (exact) mass is 201 g/mol. The van der Waals surface area contributed by atoms with E-state index in [1.807, 2.05) is 21.0 Å². The number of amides is 1. The first-order valence-electron chi connectivity index (χ1n) is 5.06. The van der Waals surface area contributed by atoms with Crippen molar-refractivity contribution in [2.75, 3.05) is 27.7 Å². The Balaban J connectivity index is 3.79. The van der Waals surface area contributed by atoms with Crippen LogP contribution in [0.1, 0.15) is 26.2 Å². The maximum Gasteiger partial charge on any atom is 0.237 e. The van der Waals surface area contributed by atoms with Crippen molar-refractivity contribution in [1.29, 1.82) is 0 Å². The lowest BCUT2D eigenvalue weighted by Crippen LogP contribution is -2.51. The van der Waals surface area contributed by atoms with Crippen LogP contribution in [0.5, 0.6) is 0 Å². The standard InChI is InChI=1S/C10H23N3O/c1-10(12-2,9(11)14)7-5-6-8-13(3)4/h12H,5-8H2,1-4H3,(H2,11,14). The first kappa shape index (κ1) is 13.4. The molecule has 0 aliphatic heterocycles. The molecule has 0 saturated heterocycles. The van der Waals surface area contributed by atoms with Crippen molar-refractivity contribution < 1.29 is 4.79 Å². The molecule has 3 N–H and O–H groups in total. The zero-order valence-corrected chi connectivity index (χ0v) is 9.76. The summed E-state index contributed by atoms with van der Waals surface area (Å²) in [5, 5.41) is 2.98. The van der Waals surface area contributed by atoms with Gasteiger partial charge in [0, 0.05) is 0 Å². The maximum atomic E-state index is 11.1. The minimum Gasteiger partial charge on any atom is -0.368 e. The number of primary amides is 1. The highest BCUT2D eigenvalue weighted by atomic mass is 16.1. The van der Waals surface area contributed by atoms with Crippen molar-refractivity contribution in [3.63, 3.8) is 0 Å². The number of nitrogens with two attached hydrogens (primary N) is 1. The van der Waals surface area contributed by atoms with Crippen molar-refractivity contribution in [3.8, 4) is 0 Å². The molecule has 14 heavy (non-hydrogen) atoms. The Kier molecular flexibility index (Phi) is 5.72. The third-order valence-electron chi connectivity index (χ3n) is 2.63. The number of nitrogens with one attached hydrogen (secondary N) is 1. The Morgan fingerprint density at radius 2 is 2.00 bits per heavy atom. The van der Waals surface area contributed by atoms with Crippen LogP contribution >= 0.6 is 0 Å². The van der Waals surface area contributed by atoms with Crippen LogP contribution < -0.4 is 11.1 Å². The molecule has 0 radical (unpaired) electrons. The van der Waals surface area contributed by atoms with Crippen LogP contribution in [-0.2, 0) is 4.79 Å². The average Bonchev–Trinajstić information content (AvgIpc) is 2.11. The van der Waals surface area contributed by atoms with Crippen LogP contribution in [-0.4, -0.2) is 44.0 Å². The summed E-state index contributed by atoms with van der Waals surface area (Å²) >= 11 is 0. The number of nitrogens with zero attached hydrogens (tertiary/aromatic N) is 1. The Morgan fingerprint density at radius 3 is 2.36 bits per heavy atom. The average molecular weight is 201 g/mol. The van der Waals surface area contributed by atoms with Gasteiger partial charge in [-0.1, -0.05) is 0 Å². The zero-order valence-electron chi connectivity index (χ0n) is 9.76. The van der Waals surface area contributed by atoms with Crippen LogP contribution in [0.4, 0.5) is 0 Å². The van der Waals surface area contributed by atoms with Gasteiger partial charge in [0.15, 0.2) is 0 Å². The van der Waals surface area contributed by atoms with Gasteiger partial charge in [0.25, 0.3) is 0 Å². The van der Waals surface area contributed by atoms with Gasteiger partial charge >= 0.3 is 0 Å². The van der Waals surface area contributed by atoms with Gasteiger partial charge < -0.3 is 16.0 Å². The van der Waals surface area contributed by atoms with E-state index >= 15 is 0 Å². The lowest BCUT2D eigenvalue weighted by molar-refractivity contribution is -0.123. The molecule has 1 atom stereocenters. The molecular weight excluding hydrogens is 178 g/mol. The molecule has 84 valence electrons. The van der Waals surface area contributed by atoms with Gasteiger partial charge in [-0.3, -0.25) is 4.79 Å². The van der Waals surface area contributed by atoms with Crippen molar-refractivity contribution in [1.82, 2.24) is 10.2 Å². The summed E-state index contributed by atoms with van der Waals surface area (Å²) in [4.78, 5) is 13.3. The maximum absolute atomic E-state index is 11.1. The van der Waals surface area contributed by atoms with E-state index < -0.39 is 5.54 Å². The quantitative estimate of drug-likeness (QED) is 0.578. The predicted octanol–water partition coefficient (Wildman–Crippen LogP) is 0.182. The molecule has 4 heteroatoms. The molecule has 0 aliphatic carbocycles. The van der Waals surface area contributed by atoms with E-state index in [1.54, 1.807) is 7.05 Å². The highest BCUT2D eigenvalue weighted by Crippen LogP contribution is 2.12. The molecule has 0 rings (SSSR count). The van der Waals surface area contributed by atoms with Crippen LogP contribution in [0.2, 0.25) is 0 Å². The molecule has 0 aromatic carbocycles. The van der Waals surface area contributed by atoms with Crippen LogP contribution in [0.3, 0.4) is 0 Å². The van der Waals surface area contributed by atoms with Crippen LogP contribution in [0, 0.1) is 0 Å².